The predicted octanol–water partition coefficient (Wildman–Crippen LogP) is 2.27. The summed E-state index contributed by atoms with van der Waals surface area (Å²) in [6.45, 7) is 0.666. The quantitative estimate of drug-likeness (QED) is 0.828. The highest BCUT2D eigenvalue weighted by Gasteiger charge is 2.38. The maximum Gasteiger partial charge on any atom is 0.387 e. The third-order valence-electron chi connectivity index (χ3n) is 3.90. The fraction of sp³-hybridized carbons (Fsp3) is 0.500. The van der Waals surface area contributed by atoms with Crippen LogP contribution in [-0.2, 0) is 9.53 Å². The van der Waals surface area contributed by atoms with E-state index in [1.807, 2.05) is 0 Å². The molecule has 132 valence electrons. The fourth-order valence-corrected chi connectivity index (χ4v) is 2.85. The number of carboxylic acids is 1. The van der Waals surface area contributed by atoms with E-state index in [4.69, 9.17) is 9.84 Å². The number of halogens is 2. The van der Waals surface area contributed by atoms with Gasteiger partial charge in [0.05, 0.1) is 18.6 Å². The van der Waals surface area contributed by atoms with Crippen LogP contribution in [0.15, 0.2) is 12.1 Å². The topological polar surface area (TPSA) is 84.9 Å². The molecule has 1 atom stereocenters. The molecule has 0 aromatic heterocycles. The number of carboxylic acid groups (broad SMARTS) is 1. The molecule has 6 nitrogen and oxygen atoms in total. The molecular formula is C16H19F2NO5. The molecule has 24 heavy (non-hydrogen) atoms. The Morgan fingerprint density at radius 2 is 2.00 bits per heavy atom. The highest BCUT2D eigenvalue weighted by molar-refractivity contribution is 5.95. The number of rotatable bonds is 6. The molecule has 1 amide bonds. The van der Waals surface area contributed by atoms with Crippen molar-refractivity contribution in [2.45, 2.75) is 38.8 Å². The molecule has 0 saturated carbocycles. The number of amides is 1. The first-order valence-corrected chi connectivity index (χ1v) is 7.40. The van der Waals surface area contributed by atoms with Gasteiger partial charge in [0.1, 0.15) is 5.75 Å². The normalized spacial score (nSPS) is 20.2. The van der Waals surface area contributed by atoms with Crippen molar-refractivity contribution in [1.29, 1.82) is 0 Å². The maximum atomic E-state index is 12.5. The Morgan fingerprint density at radius 1 is 1.38 bits per heavy atom. The van der Waals surface area contributed by atoms with E-state index >= 15 is 0 Å². The van der Waals surface area contributed by atoms with Crippen molar-refractivity contribution < 1.29 is 33.0 Å². The second-order valence-corrected chi connectivity index (χ2v) is 5.93. The Balaban J connectivity index is 2.21. The summed E-state index contributed by atoms with van der Waals surface area (Å²) in [5.74, 6) is -1.48. The van der Waals surface area contributed by atoms with E-state index in [-0.39, 0.29) is 24.3 Å². The predicted molar refractivity (Wildman–Crippen MR) is 80.4 cm³/mol. The van der Waals surface area contributed by atoms with E-state index in [0.717, 1.165) is 0 Å². The van der Waals surface area contributed by atoms with Gasteiger partial charge in [-0.25, -0.2) is 0 Å². The van der Waals surface area contributed by atoms with Crippen LogP contribution in [0, 0.1) is 13.8 Å². The van der Waals surface area contributed by atoms with Crippen molar-refractivity contribution in [3.05, 3.63) is 28.8 Å². The summed E-state index contributed by atoms with van der Waals surface area (Å²) in [5, 5.41) is 11.8. The molecule has 0 radical (unpaired) electrons. The summed E-state index contributed by atoms with van der Waals surface area (Å²) >= 11 is 0. The minimum atomic E-state index is -2.95. The van der Waals surface area contributed by atoms with Crippen molar-refractivity contribution >= 4 is 11.9 Å². The summed E-state index contributed by atoms with van der Waals surface area (Å²) in [6.07, 6.45) is 0.152. The van der Waals surface area contributed by atoms with Gasteiger partial charge in [0.2, 0.25) is 0 Å². The summed E-state index contributed by atoms with van der Waals surface area (Å²) in [5.41, 5.74) is 0.0946. The second-order valence-electron chi connectivity index (χ2n) is 5.93. The zero-order valence-corrected chi connectivity index (χ0v) is 13.4. The average Bonchev–Trinajstić information content (AvgIpc) is 2.89. The molecule has 1 aromatic carbocycles. The molecule has 2 N–H and O–H groups in total. The third kappa shape index (κ3) is 4.19. The molecule has 0 aliphatic carbocycles. The van der Waals surface area contributed by atoms with Gasteiger partial charge in [-0.1, -0.05) is 0 Å². The first kappa shape index (κ1) is 18.1. The number of carbonyl (C=O) groups is 2. The molecule has 1 saturated heterocycles. The number of aliphatic carboxylic acids is 1. The van der Waals surface area contributed by atoms with Crippen molar-refractivity contribution in [3.63, 3.8) is 0 Å². The monoisotopic (exact) mass is 343 g/mol. The molecular weight excluding hydrogens is 324 g/mol. The Labute approximate surface area is 137 Å². The summed E-state index contributed by atoms with van der Waals surface area (Å²) in [6, 6.07) is 2.87. The van der Waals surface area contributed by atoms with Gasteiger partial charge in [-0.05, 0) is 43.5 Å². The first-order chi connectivity index (χ1) is 11.2. The number of hydrogen-bond donors (Lipinski definition) is 2. The highest BCUT2D eigenvalue weighted by Crippen LogP contribution is 2.28. The van der Waals surface area contributed by atoms with Crippen molar-refractivity contribution in [2.24, 2.45) is 0 Å². The number of benzene rings is 1. The Morgan fingerprint density at radius 3 is 2.46 bits per heavy atom. The number of hydrogen-bond acceptors (Lipinski definition) is 4. The molecule has 0 bridgehead atoms. The molecule has 0 spiro atoms. The molecule has 1 unspecified atom stereocenters. The number of nitrogens with one attached hydrogen (secondary N) is 1. The number of aryl methyl sites for hydroxylation is 2. The molecule has 1 heterocycles. The van der Waals surface area contributed by atoms with Gasteiger partial charge in [0, 0.05) is 12.2 Å². The largest absolute Gasteiger partial charge is 0.481 e. The Bertz CT molecular complexity index is 618. The lowest BCUT2D eigenvalue weighted by Crippen LogP contribution is -2.50. The van der Waals surface area contributed by atoms with Crippen LogP contribution >= 0.6 is 0 Å². The average molecular weight is 343 g/mol. The molecule has 8 heteroatoms. The maximum absolute atomic E-state index is 12.5. The van der Waals surface area contributed by atoms with Crippen LogP contribution in [-0.4, -0.2) is 42.3 Å². The van der Waals surface area contributed by atoms with Gasteiger partial charge in [-0.15, -0.1) is 0 Å². The van der Waals surface area contributed by atoms with Crippen molar-refractivity contribution in [1.82, 2.24) is 5.32 Å². The van der Waals surface area contributed by atoms with E-state index < -0.39 is 24.0 Å². The van der Waals surface area contributed by atoms with E-state index in [2.05, 4.69) is 10.1 Å². The van der Waals surface area contributed by atoms with Crippen molar-refractivity contribution in [2.75, 3.05) is 13.2 Å². The number of alkyl halides is 2. The van der Waals surface area contributed by atoms with Gasteiger partial charge >= 0.3 is 12.6 Å². The van der Waals surface area contributed by atoms with E-state index in [0.29, 0.717) is 24.2 Å². The van der Waals surface area contributed by atoms with Gasteiger partial charge in [-0.3, -0.25) is 9.59 Å². The van der Waals surface area contributed by atoms with E-state index in [1.54, 1.807) is 13.8 Å². The van der Waals surface area contributed by atoms with Gasteiger partial charge in [0.25, 0.3) is 5.91 Å². The van der Waals surface area contributed by atoms with Crippen LogP contribution in [0.4, 0.5) is 8.78 Å². The highest BCUT2D eigenvalue weighted by atomic mass is 19.3. The number of ether oxygens (including phenoxy) is 2. The zero-order valence-electron chi connectivity index (χ0n) is 13.4. The lowest BCUT2D eigenvalue weighted by atomic mass is 9.93. The van der Waals surface area contributed by atoms with Gasteiger partial charge in [0.15, 0.2) is 0 Å². The first-order valence-electron chi connectivity index (χ1n) is 7.40. The molecule has 1 aliphatic heterocycles. The van der Waals surface area contributed by atoms with Crippen LogP contribution in [0.25, 0.3) is 0 Å². The molecule has 1 aromatic rings. The zero-order chi connectivity index (χ0) is 17.9. The smallest absolute Gasteiger partial charge is 0.387 e. The summed E-state index contributed by atoms with van der Waals surface area (Å²) in [4.78, 5) is 23.5. The summed E-state index contributed by atoms with van der Waals surface area (Å²) < 4.78 is 34.5. The van der Waals surface area contributed by atoms with E-state index in [1.165, 1.54) is 12.1 Å². The van der Waals surface area contributed by atoms with Crippen LogP contribution < -0.4 is 10.1 Å². The SMILES string of the molecule is Cc1cc(C(=O)NC2(CC(=O)O)CCOC2)cc(C)c1OC(F)F. The third-order valence-corrected chi connectivity index (χ3v) is 3.90. The lowest BCUT2D eigenvalue weighted by molar-refractivity contribution is -0.138. The van der Waals surface area contributed by atoms with Gasteiger partial charge < -0.3 is 19.9 Å². The minimum Gasteiger partial charge on any atom is -0.481 e. The lowest BCUT2D eigenvalue weighted by Gasteiger charge is -2.27. The van der Waals surface area contributed by atoms with E-state index in [9.17, 15) is 18.4 Å². The van der Waals surface area contributed by atoms with Crippen LogP contribution in [0.5, 0.6) is 5.75 Å². The van der Waals surface area contributed by atoms with Crippen LogP contribution in [0.2, 0.25) is 0 Å². The number of carbonyl (C=O) groups excluding carboxylic acids is 1. The molecule has 1 fully saturated rings. The van der Waals surface area contributed by atoms with Crippen LogP contribution in [0.1, 0.15) is 34.3 Å². The minimum absolute atomic E-state index is 0.0333. The molecule has 2 rings (SSSR count). The fourth-order valence-electron chi connectivity index (χ4n) is 2.85. The Kier molecular flexibility index (Phi) is 5.38. The van der Waals surface area contributed by atoms with Crippen LogP contribution in [0.3, 0.4) is 0 Å². The van der Waals surface area contributed by atoms with Gasteiger partial charge in [-0.2, -0.15) is 8.78 Å². The standard InChI is InChI=1S/C16H19F2NO5/c1-9-5-11(6-10(2)13(9)24-15(17)18)14(22)19-16(7-12(20)21)3-4-23-8-16/h5-6,15H,3-4,7-8H2,1-2H3,(H,19,22)(H,20,21). The Hall–Kier alpha value is -2.22. The second kappa shape index (κ2) is 7.12. The van der Waals surface area contributed by atoms with Crippen molar-refractivity contribution in [3.8, 4) is 5.75 Å². The molecule has 1 aliphatic rings. The summed E-state index contributed by atoms with van der Waals surface area (Å²) in [7, 11) is 0.